The largest absolute Gasteiger partial charge is 0.352 e. The summed E-state index contributed by atoms with van der Waals surface area (Å²) in [6.07, 6.45) is 10.9. The summed E-state index contributed by atoms with van der Waals surface area (Å²) in [5, 5.41) is 11.8. The van der Waals surface area contributed by atoms with Gasteiger partial charge in [0.25, 0.3) is 5.91 Å². The van der Waals surface area contributed by atoms with Crippen LogP contribution >= 0.6 is 11.8 Å². The molecule has 5 heteroatoms. The summed E-state index contributed by atoms with van der Waals surface area (Å²) < 4.78 is 14.6. The number of benzene rings is 1. The first-order valence-electron chi connectivity index (χ1n) is 11.2. The third-order valence-electron chi connectivity index (χ3n) is 5.96. The molecular formula is C27H29FN2OS. The number of rotatable bonds is 7. The highest BCUT2D eigenvalue weighted by atomic mass is 32.2. The van der Waals surface area contributed by atoms with Crippen molar-refractivity contribution in [2.24, 2.45) is 17.8 Å². The van der Waals surface area contributed by atoms with Gasteiger partial charge in [-0.15, -0.1) is 0 Å². The van der Waals surface area contributed by atoms with E-state index in [1.807, 2.05) is 55.5 Å². The van der Waals surface area contributed by atoms with Crippen molar-refractivity contribution in [1.29, 1.82) is 5.41 Å². The number of amides is 1. The molecule has 3 nitrogen and oxygen atoms in total. The molecular weight excluding hydrogens is 419 g/mol. The van der Waals surface area contributed by atoms with Crippen LogP contribution in [0.5, 0.6) is 0 Å². The Morgan fingerprint density at radius 2 is 2.06 bits per heavy atom. The maximum absolute atomic E-state index is 14.6. The van der Waals surface area contributed by atoms with E-state index in [1.54, 1.807) is 11.8 Å². The van der Waals surface area contributed by atoms with Crippen molar-refractivity contribution in [3.05, 3.63) is 87.7 Å². The van der Waals surface area contributed by atoms with Crippen LogP contribution in [0.2, 0.25) is 0 Å². The number of hydrogen-bond donors (Lipinski definition) is 2. The van der Waals surface area contributed by atoms with Crippen molar-refractivity contribution in [1.82, 2.24) is 5.32 Å². The summed E-state index contributed by atoms with van der Waals surface area (Å²) in [6.45, 7) is 6.80. The second kappa shape index (κ2) is 9.45. The number of thioether (sulfide) groups is 1. The number of fused-ring (bicyclic) bond motifs is 1. The van der Waals surface area contributed by atoms with E-state index in [-0.39, 0.29) is 23.4 Å². The van der Waals surface area contributed by atoms with Gasteiger partial charge in [0.2, 0.25) is 0 Å². The average Bonchev–Trinajstić information content (AvgIpc) is 3.57. The molecule has 0 aromatic heterocycles. The molecule has 4 rings (SSSR count). The van der Waals surface area contributed by atoms with Gasteiger partial charge in [0.1, 0.15) is 5.83 Å². The van der Waals surface area contributed by atoms with Crippen LogP contribution < -0.4 is 5.32 Å². The quantitative estimate of drug-likeness (QED) is 0.467. The van der Waals surface area contributed by atoms with Gasteiger partial charge in [0, 0.05) is 28.1 Å². The zero-order valence-corrected chi connectivity index (χ0v) is 19.6. The van der Waals surface area contributed by atoms with Gasteiger partial charge in [-0.2, -0.15) is 0 Å². The SMILES string of the molecule is CC1=C(Sc2ccccc2C(=N)C2=C(F)C=CC3CC23)CC=CC(C(=O)NCC(C)C)=C1. The highest BCUT2D eigenvalue weighted by Crippen LogP contribution is 2.50. The van der Waals surface area contributed by atoms with E-state index in [0.29, 0.717) is 35.9 Å². The Morgan fingerprint density at radius 1 is 1.28 bits per heavy atom. The van der Waals surface area contributed by atoms with Crippen LogP contribution in [0.1, 0.15) is 39.2 Å². The van der Waals surface area contributed by atoms with Crippen LogP contribution in [0.3, 0.4) is 0 Å². The summed E-state index contributed by atoms with van der Waals surface area (Å²) in [6, 6.07) is 7.75. The van der Waals surface area contributed by atoms with Crippen LogP contribution in [0.15, 0.2) is 87.0 Å². The normalized spacial score (nSPS) is 22.0. The maximum atomic E-state index is 14.6. The molecule has 2 atom stereocenters. The monoisotopic (exact) mass is 448 g/mol. The van der Waals surface area contributed by atoms with E-state index < -0.39 is 0 Å². The molecule has 2 N–H and O–H groups in total. The van der Waals surface area contributed by atoms with Gasteiger partial charge in [-0.3, -0.25) is 10.2 Å². The Bertz CT molecular complexity index is 1110. The first-order chi connectivity index (χ1) is 15.3. The zero-order valence-electron chi connectivity index (χ0n) is 18.7. The predicted octanol–water partition coefficient (Wildman–Crippen LogP) is 6.51. The number of carbonyl (C=O) groups excluding carboxylic acids is 1. The van der Waals surface area contributed by atoms with Crippen molar-refractivity contribution >= 4 is 23.4 Å². The molecule has 0 heterocycles. The molecule has 0 spiro atoms. The van der Waals surface area contributed by atoms with Gasteiger partial charge in [0.15, 0.2) is 0 Å². The van der Waals surface area contributed by atoms with Crippen LogP contribution in [-0.4, -0.2) is 18.2 Å². The van der Waals surface area contributed by atoms with Gasteiger partial charge in [0.05, 0.1) is 5.71 Å². The molecule has 3 aliphatic rings. The molecule has 3 aliphatic carbocycles. The minimum Gasteiger partial charge on any atom is -0.352 e. The average molecular weight is 449 g/mol. The summed E-state index contributed by atoms with van der Waals surface area (Å²) in [5.74, 6) is 0.583. The lowest BCUT2D eigenvalue weighted by molar-refractivity contribution is -0.117. The van der Waals surface area contributed by atoms with E-state index in [0.717, 1.165) is 27.4 Å². The first-order valence-corrected chi connectivity index (χ1v) is 12.0. The van der Waals surface area contributed by atoms with Crippen molar-refractivity contribution in [3.63, 3.8) is 0 Å². The van der Waals surface area contributed by atoms with Crippen molar-refractivity contribution in [3.8, 4) is 0 Å². The van der Waals surface area contributed by atoms with E-state index in [4.69, 9.17) is 5.41 Å². The second-order valence-corrected chi connectivity index (χ2v) is 10.2. The smallest absolute Gasteiger partial charge is 0.251 e. The van der Waals surface area contributed by atoms with E-state index >= 15 is 0 Å². The number of allylic oxidation sites excluding steroid dienone is 8. The molecule has 166 valence electrons. The second-order valence-electron chi connectivity index (χ2n) is 9.02. The van der Waals surface area contributed by atoms with E-state index in [1.165, 1.54) is 6.08 Å². The predicted molar refractivity (Wildman–Crippen MR) is 130 cm³/mol. The molecule has 32 heavy (non-hydrogen) atoms. The third-order valence-corrected chi connectivity index (χ3v) is 7.27. The standard InChI is InChI=1S/C27H29FN2OS/c1-16(2)15-30-27(31)19-7-6-10-23(17(3)13-19)32-24-9-5-4-8-20(24)26(29)25-21-14-18(21)11-12-22(25)28/h4-9,11-13,16,18,21,29H,10,14-15H2,1-3H3,(H,30,31). The number of carbonyl (C=O) groups is 1. The fraction of sp³-hybridized carbons (Fsp3) is 0.333. The molecule has 1 aromatic carbocycles. The highest BCUT2D eigenvalue weighted by molar-refractivity contribution is 8.03. The zero-order chi connectivity index (χ0) is 22.8. The Morgan fingerprint density at radius 3 is 2.84 bits per heavy atom. The number of hydrogen-bond acceptors (Lipinski definition) is 3. The Hall–Kier alpha value is -2.66. The lowest BCUT2D eigenvalue weighted by Crippen LogP contribution is -2.28. The molecule has 1 aromatic rings. The molecule has 1 amide bonds. The topological polar surface area (TPSA) is 53.0 Å². The fourth-order valence-electron chi connectivity index (χ4n) is 4.06. The van der Waals surface area contributed by atoms with Gasteiger partial charge < -0.3 is 5.32 Å². The fourth-order valence-corrected chi connectivity index (χ4v) is 5.15. The van der Waals surface area contributed by atoms with Crippen LogP contribution in [0, 0.1) is 23.2 Å². The van der Waals surface area contributed by atoms with E-state index in [9.17, 15) is 9.18 Å². The Balaban J connectivity index is 1.58. The van der Waals surface area contributed by atoms with Crippen LogP contribution in [0.4, 0.5) is 4.39 Å². The summed E-state index contributed by atoms with van der Waals surface area (Å²) in [4.78, 5) is 14.6. The molecule has 0 radical (unpaired) electrons. The first kappa shape index (κ1) is 22.5. The minimum absolute atomic E-state index is 0.0607. The Labute approximate surface area is 193 Å². The van der Waals surface area contributed by atoms with Crippen LogP contribution in [-0.2, 0) is 4.79 Å². The van der Waals surface area contributed by atoms with E-state index in [2.05, 4.69) is 19.2 Å². The lowest BCUT2D eigenvalue weighted by atomic mass is 9.94. The third kappa shape index (κ3) is 4.88. The van der Waals surface area contributed by atoms with Crippen molar-refractivity contribution in [2.75, 3.05) is 6.54 Å². The number of halogens is 1. The van der Waals surface area contributed by atoms with Gasteiger partial charge in [-0.05, 0) is 66.2 Å². The highest BCUT2D eigenvalue weighted by Gasteiger charge is 2.43. The number of nitrogens with one attached hydrogen (secondary N) is 2. The summed E-state index contributed by atoms with van der Waals surface area (Å²) in [7, 11) is 0. The van der Waals surface area contributed by atoms with Crippen molar-refractivity contribution in [2.45, 2.75) is 38.5 Å². The maximum Gasteiger partial charge on any atom is 0.251 e. The molecule has 1 saturated carbocycles. The molecule has 1 fully saturated rings. The van der Waals surface area contributed by atoms with Gasteiger partial charge in [-0.1, -0.05) is 62.0 Å². The van der Waals surface area contributed by atoms with Crippen molar-refractivity contribution < 1.29 is 9.18 Å². The molecule has 2 unspecified atom stereocenters. The Kier molecular flexibility index (Phi) is 6.66. The molecule has 0 bridgehead atoms. The van der Waals surface area contributed by atoms with Crippen LogP contribution in [0.25, 0.3) is 0 Å². The lowest BCUT2D eigenvalue weighted by Gasteiger charge is -2.16. The van der Waals surface area contributed by atoms with Gasteiger partial charge in [-0.25, -0.2) is 4.39 Å². The molecule has 0 aliphatic heterocycles. The minimum atomic E-state index is -0.277. The molecule has 0 saturated heterocycles. The summed E-state index contributed by atoms with van der Waals surface area (Å²) in [5.41, 5.74) is 3.27. The van der Waals surface area contributed by atoms with Gasteiger partial charge >= 0.3 is 0 Å². The summed E-state index contributed by atoms with van der Waals surface area (Å²) >= 11 is 1.60.